The maximum atomic E-state index is 5.93. The van der Waals surface area contributed by atoms with Crippen LogP contribution in [0.1, 0.15) is 39.5 Å². The van der Waals surface area contributed by atoms with E-state index >= 15 is 0 Å². The molecule has 0 aliphatic rings. The van der Waals surface area contributed by atoms with Crippen molar-refractivity contribution in [2.24, 2.45) is 0 Å². The quantitative estimate of drug-likeness (QED) is 0.597. The lowest BCUT2D eigenvalue weighted by Crippen LogP contribution is -2.04. The third-order valence-electron chi connectivity index (χ3n) is 3.25. The average Bonchev–Trinajstić information content (AvgIpc) is 2.92. The van der Waals surface area contributed by atoms with Crippen LogP contribution in [-0.2, 0) is 6.54 Å². The molecule has 1 heterocycles. The molecule has 114 valence electrons. The van der Waals surface area contributed by atoms with Crippen LogP contribution in [0.2, 0.25) is 0 Å². The zero-order valence-corrected chi connectivity index (χ0v) is 12.7. The predicted molar refractivity (Wildman–Crippen MR) is 83.0 cm³/mol. The van der Waals surface area contributed by atoms with E-state index in [1.165, 1.54) is 19.3 Å². The minimum absolute atomic E-state index is 0.602. The lowest BCUT2D eigenvalue weighted by atomic mass is 10.1. The van der Waals surface area contributed by atoms with Crippen LogP contribution < -0.4 is 10.5 Å². The van der Waals surface area contributed by atoms with Crippen molar-refractivity contribution < 1.29 is 4.74 Å². The summed E-state index contributed by atoms with van der Waals surface area (Å²) >= 11 is 0. The Morgan fingerprint density at radius 1 is 1.14 bits per heavy atom. The van der Waals surface area contributed by atoms with Gasteiger partial charge in [-0.2, -0.15) is 0 Å². The van der Waals surface area contributed by atoms with Crippen molar-refractivity contribution in [3.63, 3.8) is 0 Å². The van der Waals surface area contributed by atoms with E-state index in [-0.39, 0.29) is 0 Å². The lowest BCUT2D eigenvalue weighted by molar-refractivity contribution is 0.340. The van der Waals surface area contributed by atoms with Crippen molar-refractivity contribution >= 4 is 5.69 Å². The minimum atomic E-state index is 0.602. The fourth-order valence-corrected chi connectivity index (χ4v) is 2.25. The number of anilines is 1. The molecule has 6 nitrogen and oxygen atoms in total. The van der Waals surface area contributed by atoms with Crippen LogP contribution in [0, 0.1) is 0 Å². The number of unbranched alkanes of at least 4 members (excludes halogenated alkanes) is 3. The maximum absolute atomic E-state index is 5.93. The molecule has 0 fully saturated rings. The van der Waals surface area contributed by atoms with Crippen LogP contribution in [0.25, 0.3) is 11.4 Å². The second-order valence-corrected chi connectivity index (χ2v) is 5.01. The van der Waals surface area contributed by atoms with Gasteiger partial charge in [-0.1, -0.05) is 26.2 Å². The van der Waals surface area contributed by atoms with Crippen molar-refractivity contribution in [2.45, 2.75) is 46.1 Å². The molecule has 1 aromatic carbocycles. The number of ether oxygens (including phenoxy) is 1. The molecule has 0 radical (unpaired) electrons. The van der Waals surface area contributed by atoms with Crippen LogP contribution in [0.3, 0.4) is 0 Å². The van der Waals surface area contributed by atoms with Crippen LogP contribution in [0.5, 0.6) is 5.75 Å². The van der Waals surface area contributed by atoms with Gasteiger partial charge in [0.05, 0.1) is 6.61 Å². The predicted octanol–water partition coefficient (Wildman–Crippen LogP) is 2.90. The summed E-state index contributed by atoms with van der Waals surface area (Å²) in [5.74, 6) is 1.48. The van der Waals surface area contributed by atoms with E-state index in [4.69, 9.17) is 10.5 Å². The van der Waals surface area contributed by atoms with Gasteiger partial charge in [-0.25, -0.2) is 4.68 Å². The largest absolute Gasteiger partial charge is 0.494 e. The van der Waals surface area contributed by atoms with Crippen molar-refractivity contribution in [2.75, 3.05) is 12.3 Å². The molecule has 2 rings (SSSR count). The summed E-state index contributed by atoms with van der Waals surface area (Å²) in [6, 6.07) is 5.60. The van der Waals surface area contributed by atoms with E-state index in [0.717, 1.165) is 30.1 Å². The number of aryl methyl sites for hydroxylation is 1. The van der Waals surface area contributed by atoms with Crippen LogP contribution in [-0.4, -0.2) is 26.8 Å². The van der Waals surface area contributed by atoms with E-state index in [1.807, 2.05) is 29.8 Å². The molecule has 0 amide bonds. The lowest BCUT2D eigenvalue weighted by Gasteiger charge is -2.08. The second kappa shape index (κ2) is 7.61. The Morgan fingerprint density at radius 2 is 2.00 bits per heavy atom. The molecule has 0 spiro atoms. The molecule has 0 saturated heterocycles. The topological polar surface area (TPSA) is 78.9 Å². The first-order chi connectivity index (χ1) is 10.2. The fraction of sp³-hybridized carbons (Fsp3) is 0.533. The van der Waals surface area contributed by atoms with E-state index in [9.17, 15) is 0 Å². The highest BCUT2D eigenvalue weighted by Crippen LogP contribution is 2.26. The number of nitrogens with two attached hydrogens (primary N) is 1. The monoisotopic (exact) mass is 289 g/mol. The smallest absolute Gasteiger partial charge is 0.182 e. The molecule has 0 bridgehead atoms. The number of hydrogen-bond donors (Lipinski definition) is 1. The van der Waals surface area contributed by atoms with Crippen molar-refractivity contribution in [3.8, 4) is 17.1 Å². The first-order valence-corrected chi connectivity index (χ1v) is 7.54. The van der Waals surface area contributed by atoms with Gasteiger partial charge in [-0.05, 0) is 35.9 Å². The molecular formula is C15H23N5O. The molecule has 6 heteroatoms. The number of benzene rings is 1. The van der Waals surface area contributed by atoms with Gasteiger partial charge in [-0.15, -0.1) is 5.10 Å². The van der Waals surface area contributed by atoms with Crippen molar-refractivity contribution in [3.05, 3.63) is 18.2 Å². The number of rotatable bonds is 8. The molecule has 0 saturated carbocycles. The van der Waals surface area contributed by atoms with Crippen molar-refractivity contribution in [1.82, 2.24) is 20.2 Å². The third kappa shape index (κ3) is 4.18. The second-order valence-electron chi connectivity index (χ2n) is 5.01. The third-order valence-corrected chi connectivity index (χ3v) is 3.25. The van der Waals surface area contributed by atoms with Gasteiger partial charge < -0.3 is 10.5 Å². The number of nitrogens with zero attached hydrogens (tertiary/aromatic N) is 4. The fourth-order valence-electron chi connectivity index (χ4n) is 2.25. The van der Waals surface area contributed by atoms with E-state index in [2.05, 4.69) is 22.4 Å². The van der Waals surface area contributed by atoms with Gasteiger partial charge in [-0.3, -0.25) is 0 Å². The summed E-state index contributed by atoms with van der Waals surface area (Å²) < 4.78 is 7.35. The number of nitrogen functional groups attached to an aromatic ring is 1. The molecule has 0 unspecified atom stereocenters. The highest BCUT2D eigenvalue weighted by molar-refractivity contribution is 5.64. The number of hydrogen-bond acceptors (Lipinski definition) is 5. The van der Waals surface area contributed by atoms with E-state index in [1.54, 1.807) is 0 Å². The Labute approximate surface area is 125 Å². The van der Waals surface area contributed by atoms with Gasteiger partial charge >= 0.3 is 0 Å². The molecule has 2 aromatic rings. The van der Waals surface area contributed by atoms with Gasteiger partial charge in [0, 0.05) is 23.9 Å². The Bertz CT molecular complexity index is 567. The number of aromatic nitrogens is 4. The van der Waals surface area contributed by atoms with Gasteiger partial charge in [0.25, 0.3) is 0 Å². The Kier molecular flexibility index (Phi) is 5.54. The molecule has 21 heavy (non-hydrogen) atoms. The summed E-state index contributed by atoms with van der Waals surface area (Å²) in [7, 11) is 0. The Balaban J connectivity index is 2.16. The van der Waals surface area contributed by atoms with Crippen LogP contribution >= 0.6 is 0 Å². The Hall–Kier alpha value is -2.11. The zero-order chi connectivity index (χ0) is 15.1. The summed E-state index contributed by atoms with van der Waals surface area (Å²) in [6.07, 6.45) is 4.73. The highest BCUT2D eigenvalue weighted by atomic mass is 16.5. The van der Waals surface area contributed by atoms with Gasteiger partial charge in [0.2, 0.25) is 0 Å². The minimum Gasteiger partial charge on any atom is -0.494 e. The van der Waals surface area contributed by atoms with E-state index < -0.39 is 0 Å². The molecule has 0 aliphatic carbocycles. The number of tetrazole rings is 1. The van der Waals surface area contributed by atoms with Crippen molar-refractivity contribution in [1.29, 1.82) is 0 Å². The van der Waals surface area contributed by atoms with Gasteiger partial charge in [0.15, 0.2) is 5.82 Å². The Morgan fingerprint density at radius 3 is 2.76 bits per heavy atom. The molecule has 1 aromatic heterocycles. The maximum Gasteiger partial charge on any atom is 0.182 e. The normalized spacial score (nSPS) is 10.8. The zero-order valence-electron chi connectivity index (χ0n) is 12.7. The average molecular weight is 289 g/mol. The van der Waals surface area contributed by atoms with E-state index in [0.29, 0.717) is 12.3 Å². The SMILES string of the molecule is CCCCCCn1nnnc1-c1cc(N)cc(OCC)c1. The summed E-state index contributed by atoms with van der Waals surface area (Å²) in [6.45, 7) is 5.57. The summed E-state index contributed by atoms with van der Waals surface area (Å²) in [5.41, 5.74) is 7.47. The van der Waals surface area contributed by atoms with Crippen LogP contribution in [0.4, 0.5) is 5.69 Å². The summed E-state index contributed by atoms with van der Waals surface area (Å²) in [5, 5.41) is 12.0. The molecule has 0 aliphatic heterocycles. The first kappa shape index (κ1) is 15.3. The molecular weight excluding hydrogens is 266 g/mol. The highest BCUT2D eigenvalue weighted by Gasteiger charge is 2.11. The first-order valence-electron chi connectivity index (χ1n) is 7.54. The van der Waals surface area contributed by atoms with Gasteiger partial charge in [0.1, 0.15) is 5.75 Å². The standard InChI is InChI=1S/C15H23N5O/c1-3-5-6-7-8-20-15(17-18-19-20)12-9-13(16)11-14(10-12)21-4-2/h9-11H,3-8,16H2,1-2H3. The van der Waals surface area contributed by atoms with Crippen LogP contribution in [0.15, 0.2) is 18.2 Å². The molecule has 2 N–H and O–H groups in total. The molecule has 0 atom stereocenters. The summed E-state index contributed by atoms with van der Waals surface area (Å²) in [4.78, 5) is 0.